The minimum Gasteiger partial charge on any atom is -0.507 e. The van der Waals surface area contributed by atoms with Gasteiger partial charge in [-0.05, 0) is 51.0 Å². The van der Waals surface area contributed by atoms with E-state index in [0.717, 1.165) is 11.1 Å². The molecule has 32 heavy (non-hydrogen) atoms. The number of ether oxygens (including phenoxy) is 2. The van der Waals surface area contributed by atoms with Gasteiger partial charge in [-0.3, -0.25) is 4.79 Å². The number of ketones is 1. The van der Waals surface area contributed by atoms with E-state index >= 15 is 0 Å². The number of phenolic OH excluding ortho intramolecular Hbond substituents is 2. The van der Waals surface area contributed by atoms with Crippen molar-refractivity contribution >= 4 is 5.78 Å². The summed E-state index contributed by atoms with van der Waals surface area (Å²) in [5.41, 5.74) is 3.27. The number of carbonyl (C=O) groups is 1. The first kappa shape index (κ1) is 23.5. The van der Waals surface area contributed by atoms with Crippen LogP contribution in [0.5, 0.6) is 23.0 Å². The van der Waals surface area contributed by atoms with Gasteiger partial charge in [-0.25, -0.2) is 0 Å². The number of hydrogen-bond acceptors (Lipinski definition) is 5. The Balaban J connectivity index is 2.17. The lowest BCUT2D eigenvalue weighted by Crippen LogP contribution is -2.33. The van der Waals surface area contributed by atoms with E-state index in [4.69, 9.17) is 9.47 Å². The first-order chi connectivity index (χ1) is 15.3. The first-order valence-corrected chi connectivity index (χ1v) is 10.9. The van der Waals surface area contributed by atoms with Gasteiger partial charge in [0.05, 0.1) is 14.2 Å². The van der Waals surface area contributed by atoms with Crippen molar-refractivity contribution in [2.24, 2.45) is 11.8 Å². The number of hydrogen-bond donors (Lipinski definition) is 2. The van der Waals surface area contributed by atoms with Crippen LogP contribution in [0.25, 0.3) is 0 Å². The van der Waals surface area contributed by atoms with Crippen LogP contribution >= 0.6 is 0 Å². The Kier molecular flexibility index (Phi) is 7.29. The number of phenols is 2. The Morgan fingerprint density at radius 2 is 1.81 bits per heavy atom. The van der Waals surface area contributed by atoms with Crippen molar-refractivity contribution in [3.63, 3.8) is 0 Å². The van der Waals surface area contributed by atoms with E-state index < -0.39 is 11.7 Å². The van der Waals surface area contributed by atoms with Gasteiger partial charge in [0.2, 0.25) is 5.75 Å². The molecule has 0 aliphatic heterocycles. The number of rotatable bonds is 7. The van der Waals surface area contributed by atoms with E-state index in [0.29, 0.717) is 12.8 Å². The smallest absolute Gasteiger partial charge is 0.204 e. The van der Waals surface area contributed by atoms with E-state index in [1.165, 1.54) is 25.9 Å². The molecule has 0 radical (unpaired) electrons. The molecule has 0 aromatic heterocycles. The zero-order valence-electron chi connectivity index (χ0n) is 19.4. The summed E-state index contributed by atoms with van der Waals surface area (Å²) in [7, 11) is 2.80. The van der Waals surface area contributed by atoms with Gasteiger partial charge in [0, 0.05) is 12.0 Å². The van der Waals surface area contributed by atoms with Gasteiger partial charge in [-0.2, -0.15) is 0 Å². The zero-order chi connectivity index (χ0) is 23.4. The maximum Gasteiger partial charge on any atom is 0.204 e. The molecular weight excluding hydrogens is 404 g/mol. The Morgan fingerprint density at radius 1 is 1.12 bits per heavy atom. The average Bonchev–Trinajstić information content (AvgIpc) is 2.77. The van der Waals surface area contributed by atoms with E-state index in [1.807, 2.05) is 44.2 Å². The highest BCUT2D eigenvalue weighted by atomic mass is 16.5. The molecule has 0 bridgehead atoms. The van der Waals surface area contributed by atoms with Crippen molar-refractivity contribution < 1.29 is 24.5 Å². The topological polar surface area (TPSA) is 76.0 Å². The fourth-order valence-corrected chi connectivity index (χ4v) is 4.65. The minimum atomic E-state index is -0.451. The molecule has 0 heterocycles. The van der Waals surface area contributed by atoms with Gasteiger partial charge in [-0.15, -0.1) is 0 Å². The van der Waals surface area contributed by atoms with Crippen molar-refractivity contribution in [1.29, 1.82) is 0 Å². The van der Waals surface area contributed by atoms with Crippen LogP contribution < -0.4 is 9.47 Å². The number of Topliss-reactive ketones (excluding diaryl/α,β-unsaturated/α-hetero) is 1. The molecule has 3 rings (SSSR count). The third-order valence-corrected chi connectivity index (χ3v) is 6.33. The van der Waals surface area contributed by atoms with Gasteiger partial charge in [0.1, 0.15) is 11.3 Å². The fourth-order valence-electron chi connectivity index (χ4n) is 4.65. The maximum absolute atomic E-state index is 14.0. The lowest BCUT2D eigenvalue weighted by molar-refractivity contribution is 0.0843. The molecule has 2 aromatic carbocycles. The molecule has 1 aliphatic rings. The third-order valence-electron chi connectivity index (χ3n) is 6.33. The Hall–Kier alpha value is -3.21. The summed E-state index contributed by atoms with van der Waals surface area (Å²) in [5, 5.41) is 21.6. The van der Waals surface area contributed by atoms with Crippen LogP contribution in [0.1, 0.15) is 55.5 Å². The molecule has 170 valence electrons. The number of aromatic hydroxyl groups is 2. The van der Waals surface area contributed by atoms with Crippen molar-refractivity contribution in [2.75, 3.05) is 14.2 Å². The number of benzene rings is 2. The number of carbonyl (C=O) groups excluding carboxylic acids is 1. The Labute approximate surface area is 190 Å². The quantitative estimate of drug-likeness (QED) is 0.410. The summed E-state index contributed by atoms with van der Waals surface area (Å²) in [4.78, 5) is 14.0. The standard InChI is InChI=1S/C27H32O5/c1-16(2)11-13-19-17(3)12-14-20(18-9-7-6-8-10-18)23(19)25(29)24-21(28)15-22(31-4)27(32-5)26(24)30/h6-12,15,19-20,23,28,30H,13-14H2,1-5H3/t19-,20+,23+/m1/s1. The predicted octanol–water partition coefficient (Wildman–Crippen LogP) is 6.02. The summed E-state index contributed by atoms with van der Waals surface area (Å²) in [6, 6.07) is 11.3. The van der Waals surface area contributed by atoms with Gasteiger partial charge >= 0.3 is 0 Å². The van der Waals surface area contributed by atoms with Crippen LogP contribution in [-0.4, -0.2) is 30.2 Å². The monoisotopic (exact) mass is 436 g/mol. The molecule has 5 heteroatoms. The molecule has 3 atom stereocenters. The molecule has 0 unspecified atom stereocenters. The van der Waals surface area contributed by atoms with E-state index in [9.17, 15) is 15.0 Å². The van der Waals surface area contributed by atoms with Crippen LogP contribution in [0.15, 0.2) is 59.7 Å². The Bertz CT molecular complexity index is 1030. The minimum absolute atomic E-state index is 0.0360. The molecule has 2 N–H and O–H groups in total. The van der Waals surface area contributed by atoms with Crippen LogP contribution in [0, 0.1) is 11.8 Å². The third kappa shape index (κ3) is 4.52. The lowest BCUT2D eigenvalue weighted by Gasteiger charge is -2.37. The highest BCUT2D eigenvalue weighted by Gasteiger charge is 2.41. The summed E-state index contributed by atoms with van der Waals surface area (Å²) in [5.74, 6) is -1.38. The van der Waals surface area contributed by atoms with Crippen molar-refractivity contribution in [3.8, 4) is 23.0 Å². The van der Waals surface area contributed by atoms with Crippen LogP contribution in [0.2, 0.25) is 0 Å². The molecule has 0 spiro atoms. The average molecular weight is 437 g/mol. The number of allylic oxidation sites excluding steroid dienone is 4. The molecule has 0 amide bonds. The van der Waals surface area contributed by atoms with Gasteiger partial charge in [-0.1, -0.05) is 53.6 Å². The van der Waals surface area contributed by atoms with Crippen LogP contribution in [0.4, 0.5) is 0 Å². The molecule has 5 nitrogen and oxygen atoms in total. The molecule has 0 fully saturated rings. The Morgan fingerprint density at radius 3 is 2.41 bits per heavy atom. The molecule has 1 aliphatic carbocycles. The zero-order valence-corrected chi connectivity index (χ0v) is 19.4. The fraction of sp³-hybridized carbons (Fsp3) is 0.370. The normalized spacial score (nSPS) is 20.3. The predicted molar refractivity (Wildman–Crippen MR) is 126 cm³/mol. The highest BCUT2D eigenvalue weighted by Crippen LogP contribution is 2.50. The lowest BCUT2D eigenvalue weighted by atomic mass is 9.65. The second-order valence-corrected chi connectivity index (χ2v) is 8.57. The van der Waals surface area contributed by atoms with Crippen molar-refractivity contribution in [1.82, 2.24) is 0 Å². The molecule has 0 saturated heterocycles. The SMILES string of the molecule is COc1cc(O)c(C(=O)[C@H]2[C@H](CC=C(C)C)C(C)=CC[C@H]2c2ccccc2)c(O)c1OC. The molecular formula is C27H32O5. The van der Waals surface area contributed by atoms with E-state index in [1.54, 1.807) is 0 Å². The van der Waals surface area contributed by atoms with Crippen LogP contribution in [-0.2, 0) is 0 Å². The van der Waals surface area contributed by atoms with E-state index in [2.05, 4.69) is 19.1 Å². The summed E-state index contributed by atoms with van der Waals surface area (Å²) in [6.45, 7) is 6.14. The largest absolute Gasteiger partial charge is 0.507 e. The second kappa shape index (κ2) is 9.94. The van der Waals surface area contributed by atoms with Crippen molar-refractivity contribution in [3.05, 3.63) is 70.8 Å². The highest BCUT2D eigenvalue weighted by molar-refractivity contribution is 6.04. The molecule has 0 saturated carbocycles. The second-order valence-electron chi connectivity index (χ2n) is 8.57. The van der Waals surface area contributed by atoms with E-state index in [-0.39, 0.29) is 40.4 Å². The molecule has 2 aromatic rings. The summed E-state index contributed by atoms with van der Waals surface area (Å²) in [6.07, 6.45) is 5.77. The summed E-state index contributed by atoms with van der Waals surface area (Å²) < 4.78 is 10.5. The number of methoxy groups -OCH3 is 2. The first-order valence-electron chi connectivity index (χ1n) is 10.9. The van der Waals surface area contributed by atoms with Gasteiger partial charge < -0.3 is 19.7 Å². The maximum atomic E-state index is 14.0. The van der Waals surface area contributed by atoms with Gasteiger partial charge in [0.25, 0.3) is 0 Å². The van der Waals surface area contributed by atoms with Gasteiger partial charge in [0.15, 0.2) is 17.3 Å². The van der Waals surface area contributed by atoms with Crippen molar-refractivity contribution in [2.45, 2.75) is 39.5 Å². The summed E-state index contributed by atoms with van der Waals surface area (Å²) >= 11 is 0. The van der Waals surface area contributed by atoms with Crippen LogP contribution in [0.3, 0.4) is 0 Å².